The molecular weight excluding hydrogens is 292 g/mol. The van der Waals surface area contributed by atoms with Crippen LogP contribution in [0.1, 0.15) is 55.7 Å². The third-order valence-electron chi connectivity index (χ3n) is 4.71. The second kappa shape index (κ2) is 7.48. The summed E-state index contributed by atoms with van der Waals surface area (Å²) < 4.78 is 1.89. The molecule has 2 nitrogen and oxygen atoms in total. The van der Waals surface area contributed by atoms with E-state index in [1.54, 1.807) is 0 Å². The Morgan fingerprint density at radius 1 is 0.917 bits per heavy atom. The molecule has 2 aromatic carbocycles. The van der Waals surface area contributed by atoms with Gasteiger partial charge < -0.3 is 0 Å². The number of benzene rings is 2. The van der Waals surface area contributed by atoms with Crippen LogP contribution in [0.25, 0.3) is 5.69 Å². The van der Waals surface area contributed by atoms with Crippen LogP contribution in [-0.2, 0) is 6.42 Å². The Morgan fingerprint density at radius 3 is 2.38 bits per heavy atom. The normalized spacial score (nSPS) is 12.5. The van der Waals surface area contributed by atoms with Crippen LogP contribution in [-0.4, -0.2) is 9.78 Å². The molecule has 0 spiro atoms. The van der Waals surface area contributed by atoms with Crippen LogP contribution < -0.4 is 0 Å². The van der Waals surface area contributed by atoms with E-state index in [4.69, 9.17) is 0 Å². The summed E-state index contributed by atoms with van der Waals surface area (Å²) in [6, 6.07) is 19.7. The molecule has 0 aliphatic carbocycles. The fourth-order valence-corrected chi connectivity index (χ4v) is 3.03. The van der Waals surface area contributed by atoms with E-state index in [1.807, 2.05) is 23.1 Å². The minimum absolute atomic E-state index is 0.555. The van der Waals surface area contributed by atoms with Crippen LogP contribution >= 0.6 is 0 Å². The molecule has 124 valence electrons. The summed E-state index contributed by atoms with van der Waals surface area (Å²) in [5, 5.41) is 4.28. The molecule has 0 aliphatic rings. The average Bonchev–Trinajstić information content (AvgIpc) is 3.14. The summed E-state index contributed by atoms with van der Waals surface area (Å²) in [5.74, 6) is 1.15. The van der Waals surface area contributed by atoms with E-state index >= 15 is 0 Å². The van der Waals surface area contributed by atoms with Gasteiger partial charge in [0, 0.05) is 12.4 Å². The van der Waals surface area contributed by atoms with Gasteiger partial charge in [0.2, 0.25) is 0 Å². The summed E-state index contributed by atoms with van der Waals surface area (Å²) in [7, 11) is 0. The number of nitrogens with zero attached hydrogens (tertiary/aromatic N) is 2. The molecule has 0 saturated heterocycles. The molecule has 0 N–H and O–H groups in total. The van der Waals surface area contributed by atoms with Crippen LogP contribution in [0.5, 0.6) is 0 Å². The Morgan fingerprint density at radius 2 is 1.71 bits per heavy atom. The smallest absolute Gasteiger partial charge is 0.0645 e. The van der Waals surface area contributed by atoms with E-state index in [0.717, 1.165) is 12.1 Å². The van der Waals surface area contributed by atoms with Crippen molar-refractivity contribution in [2.24, 2.45) is 0 Å². The van der Waals surface area contributed by atoms with Gasteiger partial charge in [-0.05, 0) is 59.6 Å². The van der Waals surface area contributed by atoms with Crippen LogP contribution in [0.2, 0.25) is 0 Å². The van der Waals surface area contributed by atoms with Crippen molar-refractivity contribution >= 4 is 0 Å². The first-order chi connectivity index (χ1) is 11.6. The fraction of sp³-hybridized carbons (Fsp3) is 0.318. The number of hydrogen-bond donors (Lipinski definition) is 0. The van der Waals surface area contributed by atoms with Gasteiger partial charge in [0.25, 0.3) is 0 Å². The molecule has 0 fully saturated rings. The highest BCUT2D eigenvalue weighted by molar-refractivity contribution is 5.35. The highest BCUT2D eigenvalue weighted by atomic mass is 15.3. The molecule has 2 heteroatoms. The molecule has 0 radical (unpaired) electrons. The fourth-order valence-electron chi connectivity index (χ4n) is 3.03. The predicted molar refractivity (Wildman–Crippen MR) is 101 cm³/mol. The van der Waals surface area contributed by atoms with Crippen LogP contribution in [0.15, 0.2) is 67.0 Å². The second-order valence-corrected chi connectivity index (χ2v) is 6.88. The van der Waals surface area contributed by atoms with Crippen molar-refractivity contribution in [1.29, 1.82) is 0 Å². The van der Waals surface area contributed by atoms with Crippen molar-refractivity contribution in [2.45, 2.75) is 45.4 Å². The average molecular weight is 318 g/mol. The first-order valence-corrected chi connectivity index (χ1v) is 8.82. The number of hydrogen-bond acceptors (Lipinski definition) is 1. The third-order valence-corrected chi connectivity index (χ3v) is 4.71. The summed E-state index contributed by atoms with van der Waals surface area (Å²) in [5.41, 5.74) is 5.39. The van der Waals surface area contributed by atoms with Gasteiger partial charge in [0.1, 0.15) is 0 Å². The molecule has 0 bridgehead atoms. The highest BCUT2D eigenvalue weighted by Crippen LogP contribution is 2.23. The summed E-state index contributed by atoms with van der Waals surface area (Å²) in [6.07, 6.45) is 6.08. The summed E-state index contributed by atoms with van der Waals surface area (Å²) in [4.78, 5) is 0. The zero-order valence-electron chi connectivity index (χ0n) is 14.8. The quantitative estimate of drug-likeness (QED) is 0.567. The zero-order chi connectivity index (χ0) is 16.9. The minimum Gasteiger partial charge on any atom is -0.241 e. The lowest BCUT2D eigenvalue weighted by Gasteiger charge is -2.14. The lowest BCUT2D eigenvalue weighted by atomic mass is 9.92. The predicted octanol–water partition coefficient (Wildman–Crippen LogP) is 5.73. The van der Waals surface area contributed by atoms with Crippen molar-refractivity contribution in [3.05, 3.63) is 83.7 Å². The van der Waals surface area contributed by atoms with Gasteiger partial charge in [-0.2, -0.15) is 5.10 Å². The van der Waals surface area contributed by atoms with Gasteiger partial charge in [-0.3, -0.25) is 0 Å². The summed E-state index contributed by atoms with van der Waals surface area (Å²) in [6.45, 7) is 6.82. The Bertz CT molecular complexity index is 755. The van der Waals surface area contributed by atoms with Gasteiger partial charge in [-0.15, -0.1) is 0 Å². The van der Waals surface area contributed by atoms with Crippen molar-refractivity contribution in [1.82, 2.24) is 9.78 Å². The van der Waals surface area contributed by atoms with E-state index in [2.05, 4.69) is 74.4 Å². The number of rotatable bonds is 6. The van der Waals surface area contributed by atoms with Crippen LogP contribution in [0.3, 0.4) is 0 Å². The van der Waals surface area contributed by atoms with Crippen LogP contribution in [0.4, 0.5) is 0 Å². The Labute approximate surface area is 145 Å². The molecule has 1 atom stereocenters. The van der Waals surface area contributed by atoms with Gasteiger partial charge in [0.05, 0.1) is 5.69 Å². The Hall–Kier alpha value is -2.35. The molecule has 3 aromatic rings. The maximum atomic E-state index is 4.28. The topological polar surface area (TPSA) is 17.8 Å². The largest absolute Gasteiger partial charge is 0.241 e. The van der Waals surface area contributed by atoms with Crippen molar-refractivity contribution in [2.75, 3.05) is 0 Å². The molecule has 1 aromatic heterocycles. The summed E-state index contributed by atoms with van der Waals surface area (Å²) >= 11 is 0. The standard InChI is InChI=1S/C22H26N2/c1-17(2)21-7-4-6-19(16-21)9-8-18(3)20-10-12-22(13-11-20)24-15-5-14-23-24/h4-7,10-18H,8-9H2,1-3H3. The molecule has 3 rings (SSSR count). The molecule has 1 unspecified atom stereocenters. The Balaban J connectivity index is 1.62. The second-order valence-electron chi connectivity index (χ2n) is 6.88. The minimum atomic E-state index is 0.555. The van der Waals surface area contributed by atoms with Crippen molar-refractivity contribution in [3.63, 3.8) is 0 Å². The van der Waals surface area contributed by atoms with E-state index in [9.17, 15) is 0 Å². The van der Waals surface area contributed by atoms with E-state index in [-0.39, 0.29) is 0 Å². The molecular formula is C22H26N2. The molecule has 0 amide bonds. The monoisotopic (exact) mass is 318 g/mol. The maximum Gasteiger partial charge on any atom is 0.0645 e. The van der Waals surface area contributed by atoms with Gasteiger partial charge in [0.15, 0.2) is 0 Å². The lowest BCUT2D eigenvalue weighted by molar-refractivity contribution is 0.678. The Kier molecular flexibility index (Phi) is 5.14. The lowest BCUT2D eigenvalue weighted by Crippen LogP contribution is -1.99. The molecule has 0 aliphatic heterocycles. The first-order valence-electron chi connectivity index (χ1n) is 8.82. The van der Waals surface area contributed by atoms with E-state index < -0.39 is 0 Å². The number of aromatic nitrogens is 2. The number of aryl methyl sites for hydroxylation is 1. The van der Waals surface area contributed by atoms with Gasteiger partial charge >= 0.3 is 0 Å². The maximum absolute atomic E-state index is 4.28. The third kappa shape index (κ3) is 3.94. The highest BCUT2D eigenvalue weighted by Gasteiger charge is 2.07. The molecule has 24 heavy (non-hydrogen) atoms. The van der Waals surface area contributed by atoms with Gasteiger partial charge in [-0.1, -0.05) is 57.2 Å². The van der Waals surface area contributed by atoms with Crippen LogP contribution in [0, 0.1) is 0 Å². The van der Waals surface area contributed by atoms with Crippen molar-refractivity contribution in [3.8, 4) is 5.69 Å². The molecule has 0 saturated carbocycles. The zero-order valence-corrected chi connectivity index (χ0v) is 14.8. The first kappa shape index (κ1) is 16.5. The van der Waals surface area contributed by atoms with Gasteiger partial charge in [-0.25, -0.2) is 4.68 Å². The van der Waals surface area contributed by atoms with Crippen molar-refractivity contribution < 1.29 is 0 Å². The molecule has 1 heterocycles. The SMILES string of the molecule is CC(C)c1cccc(CCC(C)c2ccc(-n3cccn3)cc2)c1. The van der Waals surface area contributed by atoms with E-state index in [0.29, 0.717) is 11.8 Å². The van der Waals surface area contributed by atoms with E-state index in [1.165, 1.54) is 23.1 Å².